The van der Waals surface area contributed by atoms with Gasteiger partial charge in [-0.05, 0) is 31.3 Å². The summed E-state index contributed by atoms with van der Waals surface area (Å²) in [5.74, 6) is -0.243. The van der Waals surface area contributed by atoms with Gasteiger partial charge in [0.15, 0.2) is 0 Å². The van der Waals surface area contributed by atoms with Crippen molar-refractivity contribution in [3.05, 3.63) is 0 Å². The van der Waals surface area contributed by atoms with Gasteiger partial charge in [-0.15, -0.1) is 0 Å². The van der Waals surface area contributed by atoms with Gasteiger partial charge in [0.05, 0.1) is 5.75 Å². The Hall–Kier alpha value is -0.620. The Kier molecular flexibility index (Phi) is 4.94. The Morgan fingerprint density at radius 2 is 1.94 bits per heavy atom. The summed E-state index contributed by atoms with van der Waals surface area (Å²) in [7, 11) is -3.05. The van der Waals surface area contributed by atoms with Crippen molar-refractivity contribution in [2.24, 2.45) is 5.41 Å². The van der Waals surface area contributed by atoms with Crippen molar-refractivity contribution in [3.8, 4) is 0 Å². The molecule has 1 rings (SSSR count). The van der Waals surface area contributed by atoms with E-state index in [-0.39, 0.29) is 23.5 Å². The van der Waals surface area contributed by atoms with Crippen LogP contribution in [-0.4, -0.2) is 46.0 Å². The van der Waals surface area contributed by atoms with E-state index in [1.54, 1.807) is 0 Å². The molecule has 5 nitrogen and oxygen atoms in total. The van der Waals surface area contributed by atoms with E-state index in [9.17, 15) is 13.2 Å². The molecule has 0 aromatic rings. The van der Waals surface area contributed by atoms with E-state index in [0.29, 0.717) is 6.54 Å². The lowest BCUT2D eigenvalue weighted by Gasteiger charge is -2.34. The average Bonchev–Trinajstić information content (AvgIpc) is 2.24. The maximum Gasteiger partial charge on any atom is 0.221 e. The number of hydrogen-bond acceptors (Lipinski definition) is 4. The first kappa shape index (κ1) is 14.4. The highest BCUT2D eigenvalue weighted by Gasteiger charge is 2.26. The van der Waals surface area contributed by atoms with Crippen LogP contribution in [0.15, 0.2) is 0 Å². The van der Waals surface area contributed by atoms with Crippen molar-refractivity contribution >= 4 is 15.7 Å². The first-order valence-corrected chi connectivity index (χ1v) is 8.02. The summed E-state index contributed by atoms with van der Waals surface area (Å²) in [6.45, 7) is 4.76. The number of piperidine rings is 1. The molecule has 0 radical (unpaired) electrons. The zero-order valence-corrected chi connectivity index (χ0v) is 11.4. The molecule has 1 saturated heterocycles. The normalized spacial score (nSPS) is 19.9. The minimum atomic E-state index is -3.05. The monoisotopic (exact) mass is 262 g/mol. The van der Waals surface area contributed by atoms with Gasteiger partial charge in [-0.3, -0.25) is 4.79 Å². The van der Waals surface area contributed by atoms with Crippen LogP contribution < -0.4 is 10.6 Å². The zero-order valence-electron chi connectivity index (χ0n) is 10.6. The molecule has 6 heteroatoms. The summed E-state index contributed by atoms with van der Waals surface area (Å²) in [5, 5.41) is 6.11. The molecule has 0 aromatic carbocycles. The highest BCUT2D eigenvalue weighted by Crippen LogP contribution is 2.26. The molecule has 1 aliphatic heterocycles. The van der Waals surface area contributed by atoms with Crippen molar-refractivity contribution < 1.29 is 13.2 Å². The molecule has 0 spiro atoms. The van der Waals surface area contributed by atoms with Crippen LogP contribution >= 0.6 is 0 Å². The van der Waals surface area contributed by atoms with Crippen molar-refractivity contribution in [1.29, 1.82) is 0 Å². The summed E-state index contributed by atoms with van der Waals surface area (Å²) < 4.78 is 21.8. The van der Waals surface area contributed by atoms with E-state index in [0.717, 1.165) is 32.2 Å². The fourth-order valence-electron chi connectivity index (χ4n) is 1.89. The van der Waals surface area contributed by atoms with Crippen LogP contribution in [0.4, 0.5) is 0 Å². The first-order chi connectivity index (χ1) is 7.81. The Labute approximate surface area is 103 Å². The van der Waals surface area contributed by atoms with E-state index < -0.39 is 9.84 Å². The minimum Gasteiger partial charge on any atom is -0.356 e. The molecule has 17 heavy (non-hydrogen) atoms. The summed E-state index contributed by atoms with van der Waals surface area (Å²) in [6.07, 6.45) is 3.29. The fourth-order valence-corrected chi connectivity index (χ4v) is 2.44. The summed E-state index contributed by atoms with van der Waals surface area (Å²) in [5.41, 5.74) is 0.145. The van der Waals surface area contributed by atoms with Crippen LogP contribution in [0.3, 0.4) is 0 Å². The number of sulfone groups is 1. The Morgan fingerprint density at radius 3 is 2.47 bits per heavy atom. The molecule has 0 saturated carbocycles. The van der Waals surface area contributed by atoms with E-state index in [1.165, 1.54) is 0 Å². The van der Waals surface area contributed by atoms with Gasteiger partial charge < -0.3 is 10.6 Å². The molecule has 0 bridgehead atoms. The van der Waals surface area contributed by atoms with Crippen molar-refractivity contribution in [2.75, 3.05) is 31.6 Å². The highest BCUT2D eigenvalue weighted by atomic mass is 32.2. The molecular formula is C11H22N2O3S. The zero-order chi connectivity index (χ0) is 12.9. The first-order valence-electron chi connectivity index (χ1n) is 5.96. The van der Waals surface area contributed by atoms with E-state index in [1.807, 2.05) is 0 Å². The number of rotatable bonds is 5. The van der Waals surface area contributed by atoms with E-state index in [4.69, 9.17) is 0 Å². The summed E-state index contributed by atoms with van der Waals surface area (Å²) >= 11 is 0. The third kappa shape index (κ3) is 6.02. The molecule has 1 fully saturated rings. The van der Waals surface area contributed by atoms with Crippen LogP contribution in [0, 0.1) is 5.41 Å². The molecule has 1 heterocycles. The lowest BCUT2D eigenvalue weighted by molar-refractivity contribution is -0.121. The number of nitrogens with one attached hydrogen (secondary N) is 2. The largest absolute Gasteiger partial charge is 0.356 e. The number of carbonyl (C=O) groups is 1. The standard InChI is InChI=1S/C11H22N2O3S/c1-11(4-6-12-7-5-11)9-13-10(14)3-8-17(2,15)16/h12H,3-9H2,1-2H3,(H,13,14). The number of amides is 1. The molecule has 0 aliphatic carbocycles. The van der Waals surface area contributed by atoms with Crippen molar-refractivity contribution in [1.82, 2.24) is 10.6 Å². The van der Waals surface area contributed by atoms with E-state index >= 15 is 0 Å². The Balaban J connectivity index is 2.27. The predicted molar refractivity (Wildman–Crippen MR) is 67.5 cm³/mol. The van der Waals surface area contributed by atoms with Gasteiger partial charge in [0.2, 0.25) is 5.91 Å². The van der Waals surface area contributed by atoms with E-state index in [2.05, 4.69) is 17.6 Å². The molecule has 100 valence electrons. The maximum atomic E-state index is 11.5. The van der Waals surface area contributed by atoms with Gasteiger partial charge >= 0.3 is 0 Å². The highest BCUT2D eigenvalue weighted by molar-refractivity contribution is 7.90. The second kappa shape index (κ2) is 5.82. The molecule has 2 N–H and O–H groups in total. The van der Waals surface area contributed by atoms with Crippen molar-refractivity contribution in [3.63, 3.8) is 0 Å². The molecule has 0 atom stereocenters. The van der Waals surface area contributed by atoms with Gasteiger partial charge in [0.1, 0.15) is 9.84 Å². The van der Waals surface area contributed by atoms with Crippen LogP contribution in [0.25, 0.3) is 0 Å². The third-order valence-corrected chi connectivity index (χ3v) is 4.17. The van der Waals surface area contributed by atoms with Crippen LogP contribution in [0.5, 0.6) is 0 Å². The van der Waals surface area contributed by atoms with Gasteiger partial charge in [-0.2, -0.15) is 0 Å². The molecular weight excluding hydrogens is 240 g/mol. The Morgan fingerprint density at radius 1 is 1.35 bits per heavy atom. The molecule has 0 aromatic heterocycles. The van der Waals surface area contributed by atoms with Crippen LogP contribution in [0.2, 0.25) is 0 Å². The number of carbonyl (C=O) groups excluding carboxylic acids is 1. The van der Waals surface area contributed by atoms with Crippen LogP contribution in [-0.2, 0) is 14.6 Å². The van der Waals surface area contributed by atoms with Gasteiger partial charge in [-0.25, -0.2) is 8.42 Å². The third-order valence-electron chi connectivity index (χ3n) is 3.22. The lowest BCUT2D eigenvalue weighted by Crippen LogP contribution is -2.43. The Bertz CT molecular complexity index is 359. The van der Waals surface area contributed by atoms with Crippen LogP contribution in [0.1, 0.15) is 26.2 Å². The minimum absolute atomic E-state index is 0.0627. The fraction of sp³-hybridized carbons (Fsp3) is 0.909. The topological polar surface area (TPSA) is 75.3 Å². The molecule has 0 unspecified atom stereocenters. The second-order valence-corrected chi connectivity index (χ2v) is 7.48. The maximum absolute atomic E-state index is 11.5. The number of hydrogen-bond donors (Lipinski definition) is 2. The quantitative estimate of drug-likeness (QED) is 0.727. The molecule has 1 amide bonds. The smallest absolute Gasteiger partial charge is 0.221 e. The summed E-state index contributed by atoms with van der Waals surface area (Å²) in [4.78, 5) is 11.5. The van der Waals surface area contributed by atoms with Gasteiger partial charge in [0, 0.05) is 19.2 Å². The van der Waals surface area contributed by atoms with Gasteiger partial charge in [-0.1, -0.05) is 6.92 Å². The summed E-state index contributed by atoms with van der Waals surface area (Å²) in [6, 6.07) is 0. The lowest BCUT2D eigenvalue weighted by atomic mass is 9.81. The van der Waals surface area contributed by atoms with Crippen molar-refractivity contribution in [2.45, 2.75) is 26.2 Å². The molecule has 1 aliphatic rings. The average molecular weight is 262 g/mol. The predicted octanol–water partition coefficient (Wildman–Crippen LogP) is -0.0730. The van der Waals surface area contributed by atoms with Gasteiger partial charge in [0.25, 0.3) is 0 Å². The second-order valence-electron chi connectivity index (χ2n) is 5.22. The SMILES string of the molecule is CC1(CNC(=O)CCS(C)(=O)=O)CCNCC1.